The van der Waals surface area contributed by atoms with Gasteiger partial charge in [0.05, 0.1) is 25.4 Å². The molecule has 1 saturated heterocycles. The molecule has 1 aromatic heterocycles. The van der Waals surface area contributed by atoms with Gasteiger partial charge in [0.15, 0.2) is 5.43 Å². The Kier molecular flexibility index (Phi) is 5.19. The van der Waals surface area contributed by atoms with E-state index in [9.17, 15) is 14.7 Å². The van der Waals surface area contributed by atoms with Crippen LogP contribution in [0.1, 0.15) is 6.92 Å². The number of methoxy groups -OCH3 is 1. The summed E-state index contributed by atoms with van der Waals surface area (Å²) < 4.78 is 21.8. The SMILES string of the molecule is COc1ccc(OC2C(C)OCC[N+]2(C(=O)[O-])c2ccc3c(=O)ccoc3c2)cc1. The van der Waals surface area contributed by atoms with Gasteiger partial charge in [0.2, 0.25) is 0 Å². The minimum absolute atomic E-state index is 0.0933. The van der Waals surface area contributed by atoms with E-state index in [1.165, 1.54) is 12.3 Å². The van der Waals surface area contributed by atoms with Crippen LogP contribution in [0.15, 0.2) is 64.0 Å². The first-order valence-electron chi connectivity index (χ1n) is 9.49. The van der Waals surface area contributed by atoms with Crippen LogP contribution < -0.4 is 24.5 Å². The molecule has 2 heterocycles. The van der Waals surface area contributed by atoms with Crippen molar-refractivity contribution in [2.75, 3.05) is 20.3 Å². The zero-order valence-corrected chi connectivity index (χ0v) is 16.6. The molecule has 8 heteroatoms. The van der Waals surface area contributed by atoms with Crippen molar-refractivity contribution in [2.24, 2.45) is 0 Å². The van der Waals surface area contributed by atoms with E-state index in [1.807, 2.05) is 0 Å². The molecule has 3 aromatic rings. The first-order valence-corrected chi connectivity index (χ1v) is 9.49. The number of carboxylic acid groups (broad SMARTS) is 1. The Morgan fingerprint density at radius 1 is 1.13 bits per heavy atom. The Balaban J connectivity index is 1.81. The number of ether oxygens (including phenoxy) is 3. The van der Waals surface area contributed by atoms with Crippen molar-refractivity contribution in [3.63, 3.8) is 0 Å². The average Bonchev–Trinajstić information content (AvgIpc) is 2.75. The molecule has 0 N–H and O–H groups in total. The summed E-state index contributed by atoms with van der Waals surface area (Å²) in [6.07, 6.45) is -1.52. The van der Waals surface area contributed by atoms with Crippen molar-refractivity contribution >= 4 is 22.7 Å². The maximum absolute atomic E-state index is 12.5. The molecule has 0 bridgehead atoms. The summed E-state index contributed by atoms with van der Waals surface area (Å²) >= 11 is 0. The van der Waals surface area contributed by atoms with Crippen LogP contribution in [0.2, 0.25) is 0 Å². The predicted molar refractivity (Wildman–Crippen MR) is 107 cm³/mol. The van der Waals surface area contributed by atoms with Crippen molar-refractivity contribution in [3.8, 4) is 11.5 Å². The normalized spacial score (nSPS) is 23.8. The lowest BCUT2D eigenvalue weighted by Crippen LogP contribution is -2.73. The number of amides is 1. The molecule has 0 spiro atoms. The second kappa shape index (κ2) is 7.81. The predicted octanol–water partition coefficient (Wildman–Crippen LogP) is 2.28. The highest BCUT2D eigenvalue weighted by atomic mass is 16.6. The quantitative estimate of drug-likeness (QED) is 0.608. The highest BCUT2D eigenvalue weighted by Gasteiger charge is 2.50. The first-order chi connectivity index (χ1) is 14.5. The molecule has 1 aliphatic heterocycles. The van der Waals surface area contributed by atoms with Crippen LogP contribution in [-0.4, -0.2) is 38.7 Å². The standard InChI is InChI=1S/C22H21NO7/c1-14-21(30-17-6-4-16(27-2)5-7-17)23(22(25)26,10-12-28-14)15-3-8-18-19(24)9-11-29-20(18)13-15/h3-9,11,13-14,21H,10,12H2,1-2H3. The van der Waals surface area contributed by atoms with E-state index in [2.05, 4.69) is 0 Å². The van der Waals surface area contributed by atoms with Crippen LogP contribution in [0, 0.1) is 0 Å². The van der Waals surface area contributed by atoms with E-state index < -0.39 is 22.9 Å². The third-order valence-corrected chi connectivity index (χ3v) is 5.41. The number of nitrogens with zero attached hydrogens (tertiary/aromatic N) is 1. The Morgan fingerprint density at radius 3 is 2.57 bits per heavy atom. The molecule has 2 aromatic carbocycles. The number of hydrogen-bond acceptors (Lipinski definition) is 7. The van der Waals surface area contributed by atoms with E-state index in [-0.39, 0.29) is 18.6 Å². The maximum atomic E-state index is 12.5. The zero-order chi connectivity index (χ0) is 21.3. The third kappa shape index (κ3) is 3.30. The molecular weight excluding hydrogens is 390 g/mol. The lowest BCUT2D eigenvalue weighted by molar-refractivity contribution is -0.279. The average molecular weight is 411 g/mol. The Bertz CT molecular complexity index is 1120. The summed E-state index contributed by atoms with van der Waals surface area (Å²) in [4.78, 5) is 24.6. The summed E-state index contributed by atoms with van der Waals surface area (Å²) in [6, 6.07) is 12.9. The summed E-state index contributed by atoms with van der Waals surface area (Å²) in [6.45, 7) is 2.05. The number of quaternary nitrogens is 1. The van der Waals surface area contributed by atoms with E-state index >= 15 is 0 Å². The van der Waals surface area contributed by atoms with Gasteiger partial charge in [0.1, 0.15) is 35.4 Å². The van der Waals surface area contributed by atoms with Crippen molar-refractivity contribution in [3.05, 3.63) is 65.0 Å². The molecular formula is C22H21NO7. The van der Waals surface area contributed by atoms with Gasteiger partial charge >= 0.3 is 0 Å². The van der Waals surface area contributed by atoms with Gasteiger partial charge in [-0.3, -0.25) is 4.79 Å². The topological polar surface area (TPSA) is 98.0 Å². The zero-order valence-electron chi connectivity index (χ0n) is 16.6. The highest BCUT2D eigenvalue weighted by Crippen LogP contribution is 2.35. The Morgan fingerprint density at radius 2 is 1.87 bits per heavy atom. The molecule has 4 rings (SSSR count). The van der Waals surface area contributed by atoms with Gasteiger partial charge in [0.25, 0.3) is 12.3 Å². The van der Waals surface area contributed by atoms with Gasteiger partial charge in [-0.25, -0.2) is 4.48 Å². The van der Waals surface area contributed by atoms with Crippen LogP contribution >= 0.6 is 0 Å². The molecule has 156 valence electrons. The third-order valence-electron chi connectivity index (χ3n) is 5.41. The van der Waals surface area contributed by atoms with Crippen LogP contribution in [0.4, 0.5) is 10.5 Å². The summed E-state index contributed by atoms with van der Waals surface area (Å²) in [5.41, 5.74) is 0.468. The fourth-order valence-corrected chi connectivity index (χ4v) is 3.83. The van der Waals surface area contributed by atoms with E-state index in [0.717, 1.165) is 0 Å². The molecule has 0 aliphatic carbocycles. The molecule has 8 nitrogen and oxygen atoms in total. The minimum atomic E-state index is -1.33. The number of carbonyl (C=O) groups excluding carboxylic acids is 1. The molecule has 1 amide bonds. The van der Waals surface area contributed by atoms with Crippen LogP contribution in [-0.2, 0) is 4.74 Å². The number of morpholine rings is 1. The van der Waals surface area contributed by atoms with Gasteiger partial charge in [-0.05, 0) is 37.3 Å². The number of benzene rings is 2. The molecule has 1 fully saturated rings. The van der Waals surface area contributed by atoms with Gasteiger partial charge in [0, 0.05) is 18.2 Å². The lowest BCUT2D eigenvalue weighted by atomic mass is 10.1. The number of rotatable bonds is 4. The molecule has 0 radical (unpaired) electrons. The van der Waals surface area contributed by atoms with Crippen molar-refractivity contribution < 1.29 is 28.5 Å². The second-order valence-corrected chi connectivity index (χ2v) is 7.08. The number of fused-ring (bicyclic) bond motifs is 1. The number of carbonyl (C=O) groups is 1. The smallest absolute Gasteiger partial charge is 0.270 e. The van der Waals surface area contributed by atoms with Gasteiger partial charge in [-0.2, -0.15) is 0 Å². The van der Waals surface area contributed by atoms with Crippen molar-refractivity contribution in [1.82, 2.24) is 4.48 Å². The molecule has 0 saturated carbocycles. The molecule has 1 aliphatic rings. The van der Waals surface area contributed by atoms with Crippen LogP contribution in [0.25, 0.3) is 11.0 Å². The van der Waals surface area contributed by atoms with E-state index in [0.29, 0.717) is 28.2 Å². The van der Waals surface area contributed by atoms with Crippen molar-refractivity contribution in [1.29, 1.82) is 0 Å². The molecule has 3 unspecified atom stereocenters. The largest absolute Gasteiger partial charge is 0.498 e. The van der Waals surface area contributed by atoms with Crippen LogP contribution in [0.3, 0.4) is 0 Å². The second-order valence-electron chi connectivity index (χ2n) is 7.08. The number of hydrogen-bond donors (Lipinski definition) is 0. The van der Waals surface area contributed by atoms with Gasteiger partial charge in [-0.1, -0.05) is 0 Å². The fraction of sp³-hybridized carbons (Fsp3) is 0.273. The van der Waals surface area contributed by atoms with E-state index in [1.54, 1.807) is 56.5 Å². The van der Waals surface area contributed by atoms with Gasteiger partial charge in [-0.15, -0.1) is 0 Å². The van der Waals surface area contributed by atoms with E-state index in [4.69, 9.17) is 18.6 Å². The first kappa shape index (κ1) is 19.9. The van der Waals surface area contributed by atoms with Crippen LogP contribution in [0.5, 0.6) is 11.5 Å². The molecule has 3 atom stereocenters. The minimum Gasteiger partial charge on any atom is -0.498 e. The van der Waals surface area contributed by atoms with Crippen molar-refractivity contribution in [2.45, 2.75) is 19.3 Å². The Labute approximate surface area is 172 Å². The molecule has 30 heavy (non-hydrogen) atoms. The monoisotopic (exact) mass is 411 g/mol. The summed E-state index contributed by atoms with van der Waals surface area (Å²) in [5, 5.41) is 12.9. The summed E-state index contributed by atoms with van der Waals surface area (Å²) in [5.74, 6) is 1.12. The lowest BCUT2D eigenvalue weighted by Gasteiger charge is -2.47. The highest BCUT2D eigenvalue weighted by molar-refractivity contribution is 5.86. The fourth-order valence-electron chi connectivity index (χ4n) is 3.83. The Hall–Kier alpha value is -3.36. The summed E-state index contributed by atoms with van der Waals surface area (Å²) in [7, 11) is 1.56. The van der Waals surface area contributed by atoms with Gasteiger partial charge < -0.3 is 28.5 Å². The maximum Gasteiger partial charge on any atom is 0.270 e.